The Morgan fingerprint density at radius 1 is 1.50 bits per heavy atom. The molecule has 1 aliphatic heterocycles. The number of hydrogen-bond acceptors (Lipinski definition) is 5. The number of hydrogen-bond donors (Lipinski definition) is 4. The minimum atomic E-state index is -1.02. The van der Waals surface area contributed by atoms with E-state index in [1.165, 1.54) is 4.90 Å². The highest BCUT2D eigenvalue weighted by atomic mass is 16.4. The molecule has 1 amide bonds. The lowest BCUT2D eigenvalue weighted by Gasteiger charge is -2.19. The molecule has 1 aromatic rings. The number of β-amino-alcohol motifs (C(OH)–C–C–N with tert-alkyl or cyclic N) is 1. The number of nitrogens with one attached hydrogen (secondary N) is 2. The maximum atomic E-state index is 12.0. The van der Waals surface area contributed by atoms with Crippen molar-refractivity contribution in [1.82, 2.24) is 15.1 Å². The fourth-order valence-electron chi connectivity index (χ4n) is 2.41. The predicted octanol–water partition coefficient (Wildman–Crippen LogP) is -0.515. The highest BCUT2D eigenvalue weighted by Crippen LogP contribution is 2.19. The first-order valence-electron chi connectivity index (χ1n) is 6.34. The van der Waals surface area contributed by atoms with Crippen molar-refractivity contribution in [3.05, 3.63) is 11.4 Å². The predicted molar refractivity (Wildman–Crippen MR) is 70.3 cm³/mol. The maximum Gasteiger partial charge on any atom is 0.321 e. The quantitative estimate of drug-likeness (QED) is 0.590. The number of nitrogens with zero attached hydrogens (tertiary/aromatic N) is 2. The number of aryl methyl sites for hydroxylation is 2. The summed E-state index contributed by atoms with van der Waals surface area (Å²) >= 11 is 0. The second kappa shape index (κ2) is 5.59. The zero-order valence-corrected chi connectivity index (χ0v) is 11.4. The van der Waals surface area contributed by atoms with E-state index in [4.69, 9.17) is 5.11 Å². The van der Waals surface area contributed by atoms with Crippen LogP contribution in [0.4, 0.5) is 5.69 Å². The van der Waals surface area contributed by atoms with Crippen molar-refractivity contribution in [3.8, 4) is 0 Å². The van der Waals surface area contributed by atoms with Crippen LogP contribution in [0, 0.1) is 13.8 Å². The lowest BCUT2D eigenvalue weighted by molar-refractivity contribution is -0.142. The van der Waals surface area contributed by atoms with Crippen molar-refractivity contribution in [3.63, 3.8) is 0 Å². The molecule has 0 aliphatic carbocycles. The molecule has 2 rings (SSSR count). The van der Waals surface area contributed by atoms with Gasteiger partial charge in [-0.1, -0.05) is 0 Å². The molecule has 0 saturated carbocycles. The van der Waals surface area contributed by atoms with Gasteiger partial charge in [0, 0.05) is 13.0 Å². The van der Waals surface area contributed by atoms with Gasteiger partial charge in [0.2, 0.25) is 5.91 Å². The molecule has 2 unspecified atom stereocenters. The maximum absolute atomic E-state index is 12.0. The van der Waals surface area contributed by atoms with Crippen molar-refractivity contribution in [1.29, 1.82) is 0 Å². The van der Waals surface area contributed by atoms with Gasteiger partial charge in [0.15, 0.2) is 0 Å². The first kappa shape index (κ1) is 14.5. The third-order valence-electron chi connectivity index (χ3n) is 3.41. The van der Waals surface area contributed by atoms with E-state index in [0.717, 1.165) is 5.69 Å². The Bertz CT molecular complexity index is 508. The molecular formula is C12H18N4O4. The van der Waals surface area contributed by atoms with Crippen molar-refractivity contribution in [2.45, 2.75) is 32.4 Å². The number of aliphatic hydroxyl groups excluding tert-OH is 1. The molecule has 0 spiro atoms. The molecule has 1 aromatic heterocycles. The highest BCUT2D eigenvalue weighted by Gasteiger charge is 2.36. The van der Waals surface area contributed by atoms with Crippen LogP contribution in [0.3, 0.4) is 0 Å². The van der Waals surface area contributed by atoms with Crippen molar-refractivity contribution in [2.75, 3.05) is 18.4 Å². The van der Waals surface area contributed by atoms with E-state index < -0.39 is 18.1 Å². The smallest absolute Gasteiger partial charge is 0.321 e. The molecule has 0 aromatic carbocycles. The van der Waals surface area contributed by atoms with Crippen molar-refractivity contribution >= 4 is 17.6 Å². The molecule has 8 nitrogen and oxygen atoms in total. The van der Waals surface area contributed by atoms with Gasteiger partial charge in [-0.3, -0.25) is 19.6 Å². The van der Waals surface area contributed by atoms with Crippen LogP contribution in [-0.2, 0) is 9.59 Å². The average Bonchev–Trinajstić information content (AvgIpc) is 2.86. The number of carboxylic acid groups (broad SMARTS) is 1. The largest absolute Gasteiger partial charge is 0.480 e. The molecule has 2 heterocycles. The molecule has 1 fully saturated rings. The van der Waals surface area contributed by atoms with Gasteiger partial charge in [-0.05, 0) is 13.8 Å². The number of carbonyl (C=O) groups excluding carboxylic acids is 1. The zero-order valence-electron chi connectivity index (χ0n) is 11.4. The number of aliphatic carboxylic acids is 1. The number of aromatic amines is 1. The van der Waals surface area contributed by atoms with Gasteiger partial charge in [-0.2, -0.15) is 5.10 Å². The van der Waals surface area contributed by atoms with Crippen LogP contribution in [0.5, 0.6) is 0 Å². The zero-order chi connectivity index (χ0) is 14.9. The highest BCUT2D eigenvalue weighted by molar-refractivity contribution is 5.93. The van der Waals surface area contributed by atoms with Crippen LogP contribution < -0.4 is 5.32 Å². The molecule has 110 valence electrons. The lowest BCUT2D eigenvalue weighted by Crippen LogP contribution is -2.41. The molecule has 0 bridgehead atoms. The van der Waals surface area contributed by atoms with E-state index in [0.29, 0.717) is 11.4 Å². The number of carboxylic acids is 1. The topological polar surface area (TPSA) is 119 Å². The number of H-pyrrole nitrogens is 1. The van der Waals surface area contributed by atoms with Gasteiger partial charge in [0.1, 0.15) is 6.04 Å². The summed E-state index contributed by atoms with van der Waals surface area (Å²) in [5, 5.41) is 28.0. The Morgan fingerprint density at radius 2 is 2.20 bits per heavy atom. The number of rotatable bonds is 4. The summed E-state index contributed by atoms with van der Waals surface area (Å²) in [6.07, 6.45) is -0.562. The molecular weight excluding hydrogens is 264 g/mol. The SMILES string of the molecule is Cc1n[nH]c(C)c1NC(=O)CN1CC(O)CC1C(=O)O. The van der Waals surface area contributed by atoms with Crippen molar-refractivity contribution < 1.29 is 19.8 Å². The van der Waals surface area contributed by atoms with Crippen LogP contribution in [0.25, 0.3) is 0 Å². The Kier molecular flexibility index (Phi) is 4.05. The van der Waals surface area contributed by atoms with Gasteiger partial charge in [-0.15, -0.1) is 0 Å². The Balaban J connectivity index is 1.99. The molecule has 2 atom stereocenters. The third kappa shape index (κ3) is 2.97. The average molecular weight is 282 g/mol. The molecule has 0 radical (unpaired) electrons. The lowest BCUT2D eigenvalue weighted by atomic mass is 10.2. The van der Waals surface area contributed by atoms with Gasteiger partial charge in [-0.25, -0.2) is 0 Å². The van der Waals surface area contributed by atoms with Crippen LogP contribution in [-0.4, -0.2) is 62.4 Å². The normalized spacial score (nSPS) is 22.9. The molecule has 20 heavy (non-hydrogen) atoms. The molecule has 1 aliphatic rings. The summed E-state index contributed by atoms with van der Waals surface area (Å²) in [5.74, 6) is -1.34. The van der Waals surface area contributed by atoms with Gasteiger partial charge < -0.3 is 15.5 Å². The van der Waals surface area contributed by atoms with Gasteiger partial charge in [0.05, 0.1) is 29.7 Å². The monoisotopic (exact) mass is 282 g/mol. The number of carbonyl (C=O) groups is 2. The number of aromatic nitrogens is 2. The Hall–Kier alpha value is -1.93. The second-order valence-corrected chi connectivity index (χ2v) is 5.03. The van der Waals surface area contributed by atoms with E-state index in [1.54, 1.807) is 13.8 Å². The summed E-state index contributed by atoms with van der Waals surface area (Å²) in [6.45, 7) is 3.67. The summed E-state index contributed by atoms with van der Waals surface area (Å²) in [6, 6.07) is -0.817. The number of aliphatic hydroxyl groups is 1. The van der Waals surface area contributed by atoms with Crippen molar-refractivity contribution in [2.24, 2.45) is 0 Å². The van der Waals surface area contributed by atoms with E-state index >= 15 is 0 Å². The minimum Gasteiger partial charge on any atom is -0.480 e. The van der Waals surface area contributed by atoms with Crippen LogP contribution in [0.1, 0.15) is 17.8 Å². The molecule has 8 heteroatoms. The van der Waals surface area contributed by atoms with E-state index in [2.05, 4.69) is 15.5 Å². The second-order valence-electron chi connectivity index (χ2n) is 5.03. The molecule has 1 saturated heterocycles. The number of amides is 1. The van der Waals surface area contributed by atoms with Crippen LogP contribution >= 0.6 is 0 Å². The van der Waals surface area contributed by atoms with E-state index in [1.807, 2.05) is 0 Å². The Labute approximate surface area is 115 Å². The standard InChI is InChI=1S/C12H18N4O4/c1-6-11(7(2)15-14-6)13-10(18)5-16-4-8(17)3-9(16)12(19)20/h8-9,17H,3-5H2,1-2H3,(H,13,18)(H,14,15)(H,19,20). The van der Waals surface area contributed by atoms with E-state index in [9.17, 15) is 14.7 Å². The van der Waals surface area contributed by atoms with Gasteiger partial charge >= 0.3 is 5.97 Å². The third-order valence-corrected chi connectivity index (χ3v) is 3.41. The Morgan fingerprint density at radius 3 is 2.75 bits per heavy atom. The summed E-state index contributed by atoms with van der Waals surface area (Å²) in [7, 11) is 0. The fourth-order valence-corrected chi connectivity index (χ4v) is 2.41. The first-order valence-corrected chi connectivity index (χ1v) is 6.34. The summed E-state index contributed by atoms with van der Waals surface area (Å²) in [5.41, 5.74) is 2.03. The van der Waals surface area contributed by atoms with Crippen LogP contribution in [0.15, 0.2) is 0 Å². The summed E-state index contributed by atoms with van der Waals surface area (Å²) < 4.78 is 0. The first-order chi connectivity index (χ1) is 9.38. The van der Waals surface area contributed by atoms with E-state index in [-0.39, 0.29) is 25.4 Å². The minimum absolute atomic E-state index is 0.0713. The number of anilines is 1. The fraction of sp³-hybridized carbons (Fsp3) is 0.583. The molecule has 4 N–H and O–H groups in total. The van der Waals surface area contributed by atoms with Gasteiger partial charge in [0.25, 0.3) is 0 Å². The number of likely N-dealkylation sites (tertiary alicyclic amines) is 1. The van der Waals surface area contributed by atoms with Crippen LogP contribution in [0.2, 0.25) is 0 Å². The summed E-state index contributed by atoms with van der Waals surface area (Å²) in [4.78, 5) is 24.5.